The highest BCUT2D eigenvalue weighted by Crippen LogP contribution is 2.40. The normalized spacial score (nSPS) is 32.8. The van der Waals surface area contributed by atoms with E-state index < -0.39 is 0 Å². The van der Waals surface area contributed by atoms with Crippen molar-refractivity contribution in [3.05, 3.63) is 0 Å². The van der Waals surface area contributed by atoms with Crippen LogP contribution >= 0.6 is 11.8 Å². The van der Waals surface area contributed by atoms with Crippen molar-refractivity contribution in [2.45, 2.75) is 69.8 Å². The van der Waals surface area contributed by atoms with E-state index in [0.29, 0.717) is 24.1 Å². The van der Waals surface area contributed by atoms with Gasteiger partial charge in [-0.2, -0.15) is 0 Å². The Hall–Kier alpha value is -0.840. The third-order valence-electron chi connectivity index (χ3n) is 5.13. The van der Waals surface area contributed by atoms with Crippen molar-refractivity contribution in [2.75, 3.05) is 6.54 Å². The van der Waals surface area contributed by atoms with Crippen LogP contribution in [-0.2, 0) is 14.4 Å². The predicted molar refractivity (Wildman–Crippen MR) is 88.6 cm³/mol. The van der Waals surface area contributed by atoms with Crippen molar-refractivity contribution >= 4 is 29.9 Å². The number of thioether (sulfide) groups is 1. The molecule has 1 aliphatic heterocycles. The fourth-order valence-electron chi connectivity index (χ4n) is 3.53. The molecule has 2 amide bonds. The number of imide groups is 1. The lowest BCUT2D eigenvalue weighted by Gasteiger charge is -2.36. The molecule has 1 unspecified atom stereocenters. The van der Waals surface area contributed by atoms with Crippen molar-refractivity contribution in [1.82, 2.24) is 4.90 Å². The smallest absolute Gasteiger partial charge is 0.242 e. The zero-order chi connectivity index (χ0) is 16.3. The Morgan fingerprint density at radius 1 is 1.32 bits per heavy atom. The van der Waals surface area contributed by atoms with E-state index in [9.17, 15) is 14.4 Å². The summed E-state index contributed by atoms with van der Waals surface area (Å²) in [5.74, 6) is 0.326. The molecule has 0 bridgehead atoms. The van der Waals surface area contributed by atoms with Crippen LogP contribution in [0, 0.1) is 11.3 Å². The van der Waals surface area contributed by atoms with Gasteiger partial charge in [0.1, 0.15) is 6.29 Å². The average molecular weight is 325 g/mol. The lowest BCUT2D eigenvalue weighted by molar-refractivity contribution is -0.139. The molecule has 0 aromatic heterocycles. The molecule has 1 atom stereocenters. The summed E-state index contributed by atoms with van der Waals surface area (Å²) in [5.41, 5.74) is -0.161. The molecule has 2 rings (SSSR count). The zero-order valence-corrected chi connectivity index (χ0v) is 14.7. The molecule has 1 heterocycles. The summed E-state index contributed by atoms with van der Waals surface area (Å²) in [5, 5.41) is 0.162. The Kier molecular flexibility index (Phi) is 5.70. The molecule has 1 saturated heterocycles. The molecule has 0 radical (unpaired) electrons. The highest BCUT2D eigenvalue weighted by molar-refractivity contribution is 8.01. The highest BCUT2D eigenvalue weighted by Gasteiger charge is 2.41. The van der Waals surface area contributed by atoms with Gasteiger partial charge in [0.15, 0.2) is 0 Å². The molecule has 5 heteroatoms. The molecule has 0 spiro atoms. The number of likely N-dealkylation sites (tertiary alicyclic amines) is 1. The quantitative estimate of drug-likeness (QED) is 0.556. The first-order valence-corrected chi connectivity index (χ1v) is 9.31. The Morgan fingerprint density at radius 3 is 2.45 bits per heavy atom. The largest absolute Gasteiger partial charge is 0.303 e. The summed E-state index contributed by atoms with van der Waals surface area (Å²) < 4.78 is 0. The van der Waals surface area contributed by atoms with Gasteiger partial charge in [-0.15, -0.1) is 11.8 Å². The number of hydrogen-bond acceptors (Lipinski definition) is 4. The topological polar surface area (TPSA) is 54.5 Å². The maximum Gasteiger partial charge on any atom is 0.242 e. The predicted octanol–water partition coefficient (Wildman–Crippen LogP) is 3.04. The van der Waals surface area contributed by atoms with Crippen LogP contribution in [-0.4, -0.2) is 40.0 Å². The summed E-state index contributed by atoms with van der Waals surface area (Å²) in [4.78, 5) is 37.3. The summed E-state index contributed by atoms with van der Waals surface area (Å²) in [6.07, 6.45) is 6.00. The van der Waals surface area contributed by atoms with Gasteiger partial charge in [0.25, 0.3) is 0 Å². The highest BCUT2D eigenvalue weighted by atomic mass is 32.2. The summed E-state index contributed by atoms with van der Waals surface area (Å²) in [6, 6.07) is 0. The van der Waals surface area contributed by atoms with E-state index in [1.807, 2.05) is 0 Å². The molecule has 0 aromatic rings. The number of aldehydes is 1. The molecule has 2 aliphatic rings. The lowest BCUT2D eigenvalue weighted by Crippen LogP contribution is -2.38. The van der Waals surface area contributed by atoms with Crippen LogP contribution in [0.5, 0.6) is 0 Å². The maximum absolute atomic E-state index is 12.4. The van der Waals surface area contributed by atoms with Gasteiger partial charge in [-0.25, -0.2) is 0 Å². The molecular formula is C17H27NO3S. The molecule has 22 heavy (non-hydrogen) atoms. The standard InChI is InChI=1S/C17H27NO3S/c1-4-17(11-19)7-5-13(6-8-17)10-18-15(20)9-14(16(18)21)22-12(2)3/h11-14H,4-10H2,1-3H3. The van der Waals surface area contributed by atoms with E-state index in [4.69, 9.17) is 0 Å². The third-order valence-corrected chi connectivity index (χ3v) is 6.38. The van der Waals surface area contributed by atoms with Crippen molar-refractivity contribution in [1.29, 1.82) is 0 Å². The van der Waals surface area contributed by atoms with Gasteiger partial charge in [-0.1, -0.05) is 20.8 Å². The monoisotopic (exact) mass is 325 g/mol. The molecule has 4 nitrogen and oxygen atoms in total. The van der Waals surface area contributed by atoms with E-state index in [2.05, 4.69) is 20.8 Å². The van der Waals surface area contributed by atoms with E-state index in [1.54, 1.807) is 11.8 Å². The van der Waals surface area contributed by atoms with E-state index >= 15 is 0 Å². The van der Waals surface area contributed by atoms with Gasteiger partial charge in [-0.05, 0) is 43.3 Å². The molecule has 0 aromatic carbocycles. The first-order valence-electron chi connectivity index (χ1n) is 8.37. The minimum absolute atomic E-state index is 0.00795. The first-order chi connectivity index (χ1) is 10.4. The fraction of sp³-hybridized carbons (Fsp3) is 0.824. The van der Waals surface area contributed by atoms with Gasteiger partial charge >= 0.3 is 0 Å². The van der Waals surface area contributed by atoms with Crippen LogP contribution in [0.25, 0.3) is 0 Å². The van der Waals surface area contributed by atoms with Gasteiger partial charge in [-0.3, -0.25) is 14.5 Å². The van der Waals surface area contributed by atoms with Crippen LogP contribution in [0.1, 0.15) is 59.3 Å². The van der Waals surface area contributed by atoms with E-state index in [1.165, 1.54) is 4.90 Å². The second-order valence-electron chi connectivity index (χ2n) is 7.00. The van der Waals surface area contributed by atoms with Crippen LogP contribution < -0.4 is 0 Å². The van der Waals surface area contributed by atoms with Crippen molar-refractivity contribution in [2.24, 2.45) is 11.3 Å². The number of amides is 2. The number of rotatable bonds is 6. The van der Waals surface area contributed by atoms with Crippen LogP contribution in [0.15, 0.2) is 0 Å². The van der Waals surface area contributed by atoms with Crippen LogP contribution in [0.2, 0.25) is 0 Å². The zero-order valence-electron chi connectivity index (χ0n) is 13.8. The van der Waals surface area contributed by atoms with E-state index in [-0.39, 0.29) is 22.5 Å². The maximum atomic E-state index is 12.4. The molecule has 124 valence electrons. The van der Waals surface area contributed by atoms with Gasteiger partial charge in [0.05, 0.1) is 5.25 Å². The summed E-state index contributed by atoms with van der Waals surface area (Å²) >= 11 is 1.59. The summed E-state index contributed by atoms with van der Waals surface area (Å²) in [6.45, 7) is 6.72. The third kappa shape index (κ3) is 3.73. The van der Waals surface area contributed by atoms with E-state index in [0.717, 1.165) is 38.4 Å². The number of carbonyl (C=O) groups is 3. The lowest BCUT2D eigenvalue weighted by atomic mass is 9.70. The molecule has 1 saturated carbocycles. The Bertz CT molecular complexity index is 441. The van der Waals surface area contributed by atoms with Gasteiger partial charge in [0, 0.05) is 18.4 Å². The number of hydrogen-bond donors (Lipinski definition) is 0. The second kappa shape index (κ2) is 7.16. The van der Waals surface area contributed by atoms with Gasteiger partial charge in [0.2, 0.25) is 11.8 Å². The summed E-state index contributed by atoms with van der Waals surface area (Å²) in [7, 11) is 0. The number of nitrogens with zero attached hydrogens (tertiary/aromatic N) is 1. The van der Waals surface area contributed by atoms with Crippen LogP contribution in [0.3, 0.4) is 0 Å². The van der Waals surface area contributed by atoms with Crippen molar-refractivity contribution in [3.63, 3.8) is 0 Å². The minimum Gasteiger partial charge on any atom is -0.303 e. The Morgan fingerprint density at radius 2 is 1.95 bits per heavy atom. The molecule has 0 N–H and O–H groups in total. The Balaban J connectivity index is 1.91. The number of carbonyl (C=O) groups excluding carboxylic acids is 3. The molecule has 2 fully saturated rings. The minimum atomic E-state index is -0.194. The average Bonchev–Trinajstić information content (AvgIpc) is 2.75. The Labute approximate surface area is 137 Å². The van der Waals surface area contributed by atoms with Crippen LogP contribution in [0.4, 0.5) is 0 Å². The van der Waals surface area contributed by atoms with Gasteiger partial charge < -0.3 is 4.79 Å². The molecular weight excluding hydrogens is 298 g/mol. The second-order valence-corrected chi connectivity index (χ2v) is 8.78. The first kappa shape index (κ1) is 17.5. The van der Waals surface area contributed by atoms with Crippen molar-refractivity contribution in [3.8, 4) is 0 Å². The molecule has 1 aliphatic carbocycles. The fourth-order valence-corrected chi connectivity index (χ4v) is 4.67. The SMILES string of the molecule is CCC1(C=O)CCC(CN2C(=O)CC(SC(C)C)C2=O)CC1. The van der Waals surface area contributed by atoms with Crippen molar-refractivity contribution < 1.29 is 14.4 Å².